The molecule has 3 saturated carbocycles. The number of rotatable bonds is 5. The number of carbonyl (C=O) groups excluding carboxylic acids is 2. The van der Waals surface area contributed by atoms with E-state index < -0.39 is 44.6 Å². The standard InChI is InChI=1S/C26H40O6Si2/c1-16-14-24-15-26(16,32-34(7,8)9)18(31-33(4,5)6)13-17(24)25-12-10-11-23(2,22(28)30-25)20(25)19(24)21(27)29-3/h10-11,17-20H,1,12-15H2,2-9H3/t17?,18-,19?,20?,23?,24-,25+,26-/m0/s1. The van der Waals surface area contributed by atoms with Crippen LogP contribution >= 0.6 is 0 Å². The summed E-state index contributed by atoms with van der Waals surface area (Å²) in [4.78, 5) is 26.8. The van der Waals surface area contributed by atoms with Crippen molar-refractivity contribution < 1.29 is 27.9 Å². The Hall–Kier alpha value is -1.23. The van der Waals surface area contributed by atoms with Gasteiger partial charge in [0.1, 0.15) is 11.2 Å². The molecule has 1 spiro atoms. The van der Waals surface area contributed by atoms with Crippen LogP contribution in [0.2, 0.25) is 39.3 Å². The van der Waals surface area contributed by atoms with Crippen molar-refractivity contribution in [3.8, 4) is 0 Å². The van der Waals surface area contributed by atoms with Crippen molar-refractivity contribution in [2.75, 3.05) is 7.11 Å². The first-order valence-corrected chi connectivity index (χ1v) is 19.4. The van der Waals surface area contributed by atoms with Gasteiger partial charge in [0.2, 0.25) is 0 Å². The highest BCUT2D eigenvalue weighted by molar-refractivity contribution is 6.70. The molecule has 1 saturated heterocycles. The molecule has 1 heterocycles. The number of hydrogen-bond donors (Lipinski definition) is 0. The quantitative estimate of drug-likeness (QED) is 0.303. The fourth-order valence-corrected chi connectivity index (χ4v) is 11.1. The highest BCUT2D eigenvalue weighted by Crippen LogP contribution is 2.78. The number of ether oxygens (including phenoxy) is 2. The van der Waals surface area contributed by atoms with Crippen molar-refractivity contribution >= 4 is 28.6 Å². The van der Waals surface area contributed by atoms with Gasteiger partial charge in [0.15, 0.2) is 16.6 Å². The van der Waals surface area contributed by atoms with Crippen LogP contribution in [-0.4, -0.2) is 53.0 Å². The number of hydrogen-bond acceptors (Lipinski definition) is 6. The van der Waals surface area contributed by atoms with Gasteiger partial charge in [-0.1, -0.05) is 18.7 Å². The zero-order valence-corrected chi connectivity index (χ0v) is 23.9. The summed E-state index contributed by atoms with van der Waals surface area (Å²) >= 11 is 0. The van der Waals surface area contributed by atoms with Gasteiger partial charge in [-0.3, -0.25) is 9.59 Å². The third kappa shape index (κ3) is 2.97. The third-order valence-corrected chi connectivity index (χ3v) is 11.1. The maximum absolute atomic E-state index is 13.6. The summed E-state index contributed by atoms with van der Waals surface area (Å²) in [5.74, 6) is -1.16. The highest BCUT2D eigenvalue weighted by Gasteiger charge is 2.84. The Balaban J connectivity index is 1.72. The lowest BCUT2D eigenvalue weighted by Gasteiger charge is -2.53. The predicted molar refractivity (Wildman–Crippen MR) is 134 cm³/mol. The van der Waals surface area contributed by atoms with Crippen LogP contribution in [0.4, 0.5) is 0 Å². The van der Waals surface area contributed by atoms with Crippen molar-refractivity contribution in [3.63, 3.8) is 0 Å². The van der Waals surface area contributed by atoms with Crippen molar-refractivity contribution in [1.82, 2.24) is 0 Å². The molecular weight excluding hydrogens is 464 g/mol. The highest BCUT2D eigenvalue weighted by atomic mass is 28.4. The zero-order chi connectivity index (χ0) is 25.1. The van der Waals surface area contributed by atoms with E-state index in [-0.39, 0.29) is 29.9 Å². The molecular formula is C26H40O6Si2. The number of methoxy groups -OCH3 is 1. The minimum Gasteiger partial charge on any atom is -0.469 e. The van der Waals surface area contributed by atoms with E-state index in [1.54, 1.807) is 0 Å². The van der Waals surface area contributed by atoms with E-state index in [1.807, 2.05) is 13.0 Å². The van der Waals surface area contributed by atoms with Crippen LogP contribution in [0.1, 0.15) is 32.6 Å². The van der Waals surface area contributed by atoms with E-state index in [0.717, 1.165) is 5.57 Å². The molecule has 4 unspecified atom stereocenters. The lowest BCUT2D eigenvalue weighted by atomic mass is 9.61. The Kier molecular flexibility index (Phi) is 5.01. The predicted octanol–water partition coefficient (Wildman–Crippen LogP) is 4.83. The van der Waals surface area contributed by atoms with Crippen molar-refractivity contribution in [2.45, 2.75) is 89.2 Å². The third-order valence-electron chi connectivity index (χ3n) is 9.17. The summed E-state index contributed by atoms with van der Waals surface area (Å²) in [6.45, 7) is 19.7. The van der Waals surface area contributed by atoms with Crippen LogP contribution in [0.25, 0.3) is 0 Å². The van der Waals surface area contributed by atoms with Gasteiger partial charge < -0.3 is 18.3 Å². The summed E-state index contributed by atoms with van der Waals surface area (Å²) in [7, 11) is -2.48. The Morgan fingerprint density at radius 2 is 1.85 bits per heavy atom. The van der Waals surface area contributed by atoms with Crippen molar-refractivity contribution in [3.05, 3.63) is 24.3 Å². The molecule has 4 bridgehead atoms. The van der Waals surface area contributed by atoms with Crippen molar-refractivity contribution in [2.24, 2.45) is 28.6 Å². The van der Waals surface area contributed by atoms with Gasteiger partial charge >= 0.3 is 11.9 Å². The average molecular weight is 505 g/mol. The fourth-order valence-electron chi connectivity index (χ4n) is 8.56. The van der Waals surface area contributed by atoms with Crippen LogP contribution in [0.3, 0.4) is 0 Å². The van der Waals surface area contributed by atoms with Gasteiger partial charge in [-0.25, -0.2) is 0 Å². The van der Waals surface area contributed by atoms with Crippen LogP contribution in [0.15, 0.2) is 24.3 Å². The van der Waals surface area contributed by atoms with Crippen LogP contribution in [-0.2, 0) is 27.9 Å². The summed E-state index contributed by atoms with van der Waals surface area (Å²) < 4.78 is 25.7. The first kappa shape index (κ1) is 24.5. The monoisotopic (exact) mass is 504 g/mol. The summed E-state index contributed by atoms with van der Waals surface area (Å²) in [5.41, 5.74) is -1.54. The molecule has 1 aliphatic heterocycles. The molecule has 0 aromatic carbocycles. The molecule has 0 radical (unpaired) electrons. The normalized spacial score (nSPS) is 46.8. The maximum atomic E-state index is 13.6. The zero-order valence-electron chi connectivity index (χ0n) is 21.9. The number of carbonyl (C=O) groups is 2. The molecule has 8 atom stereocenters. The molecule has 6 nitrogen and oxygen atoms in total. The van der Waals surface area contributed by atoms with Gasteiger partial charge in [-0.05, 0) is 76.5 Å². The first-order chi connectivity index (χ1) is 15.5. The van der Waals surface area contributed by atoms with Crippen LogP contribution in [0, 0.1) is 28.6 Å². The van der Waals surface area contributed by atoms with E-state index in [0.29, 0.717) is 25.7 Å². The Bertz CT molecular complexity index is 994. The van der Waals surface area contributed by atoms with Crippen LogP contribution in [0.5, 0.6) is 0 Å². The van der Waals surface area contributed by atoms with Crippen molar-refractivity contribution in [1.29, 1.82) is 0 Å². The van der Waals surface area contributed by atoms with Gasteiger partial charge in [-0.15, -0.1) is 0 Å². The first-order valence-electron chi connectivity index (χ1n) is 12.6. The van der Waals surface area contributed by atoms with Gasteiger partial charge in [0.25, 0.3) is 0 Å². The Morgan fingerprint density at radius 1 is 1.18 bits per heavy atom. The second-order valence-electron chi connectivity index (χ2n) is 13.5. The SMILES string of the molecule is C=C1C[C@]23C[C@@]1(O[Si](C)(C)C)[C@@H](O[Si](C)(C)C)CC2[C@@]12CC=CC(C)(C(=O)O1)C2C3C(=O)OC. The van der Waals surface area contributed by atoms with E-state index in [9.17, 15) is 9.59 Å². The molecule has 34 heavy (non-hydrogen) atoms. The average Bonchev–Trinajstić information content (AvgIpc) is 3.10. The molecule has 0 amide bonds. The van der Waals surface area contributed by atoms with Crippen LogP contribution < -0.4 is 0 Å². The second-order valence-corrected chi connectivity index (χ2v) is 22.4. The summed E-state index contributed by atoms with van der Waals surface area (Å²) in [6.07, 6.45) is 6.59. The second kappa shape index (κ2) is 6.96. The summed E-state index contributed by atoms with van der Waals surface area (Å²) in [6, 6.07) is 0. The summed E-state index contributed by atoms with van der Waals surface area (Å²) in [5, 5.41) is 0. The number of fused-ring (bicyclic) bond motifs is 1. The molecule has 5 rings (SSSR count). The molecule has 0 N–H and O–H groups in total. The van der Waals surface area contributed by atoms with E-state index in [2.05, 4.69) is 51.9 Å². The molecule has 0 aromatic heterocycles. The molecule has 4 aliphatic carbocycles. The van der Waals surface area contributed by atoms with E-state index in [4.69, 9.17) is 18.3 Å². The number of esters is 2. The van der Waals surface area contributed by atoms with Gasteiger partial charge in [-0.2, -0.15) is 0 Å². The van der Waals surface area contributed by atoms with Gasteiger partial charge in [0, 0.05) is 18.3 Å². The van der Waals surface area contributed by atoms with Gasteiger partial charge in [0.05, 0.1) is 24.5 Å². The topological polar surface area (TPSA) is 71.1 Å². The lowest BCUT2D eigenvalue weighted by molar-refractivity contribution is -0.168. The lowest BCUT2D eigenvalue weighted by Crippen LogP contribution is -2.60. The fraction of sp³-hybridized carbons (Fsp3) is 0.769. The minimum atomic E-state index is -2.00. The minimum absolute atomic E-state index is 0.0104. The molecule has 0 aromatic rings. The van der Waals surface area contributed by atoms with E-state index >= 15 is 0 Å². The maximum Gasteiger partial charge on any atom is 0.316 e. The molecule has 8 heteroatoms. The van der Waals surface area contributed by atoms with E-state index in [1.165, 1.54) is 7.11 Å². The molecule has 4 fully saturated rings. The Morgan fingerprint density at radius 3 is 2.44 bits per heavy atom. The smallest absolute Gasteiger partial charge is 0.316 e. The molecule has 188 valence electrons. The molecule has 5 aliphatic rings. The Labute approximate surface area is 205 Å². The largest absolute Gasteiger partial charge is 0.469 e.